The van der Waals surface area contributed by atoms with Gasteiger partial charge >= 0.3 is 0 Å². The molecule has 3 aromatic heterocycles. The topological polar surface area (TPSA) is 87.0 Å². The van der Waals surface area contributed by atoms with E-state index in [4.69, 9.17) is 9.97 Å². The Morgan fingerprint density at radius 3 is 2.59 bits per heavy atom. The summed E-state index contributed by atoms with van der Waals surface area (Å²) < 4.78 is 1.76. The summed E-state index contributed by atoms with van der Waals surface area (Å²) in [7, 11) is 2.14. The van der Waals surface area contributed by atoms with Crippen molar-refractivity contribution in [3.05, 3.63) is 43.1 Å². The lowest BCUT2D eigenvalue weighted by molar-refractivity contribution is 0.161. The van der Waals surface area contributed by atoms with Crippen LogP contribution in [0.4, 0.5) is 5.13 Å². The van der Waals surface area contributed by atoms with Crippen LogP contribution < -0.4 is 10.2 Å². The zero-order chi connectivity index (χ0) is 23.1. The maximum atomic E-state index is 4.84. The summed E-state index contributed by atoms with van der Waals surface area (Å²) in [5.41, 5.74) is 2.51. The monoisotopic (exact) mass is 452 g/mol. The first-order chi connectivity index (χ1) is 15.1. The van der Waals surface area contributed by atoms with E-state index in [0.717, 1.165) is 34.1 Å². The van der Waals surface area contributed by atoms with Crippen LogP contribution in [0.15, 0.2) is 42.3 Å². The maximum absolute atomic E-state index is 4.84. The molecule has 1 saturated heterocycles. The fourth-order valence-electron chi connectivity index (χ4n) is 4.58. The third kappa shape index (κ3) is 4.68. The first-order valence-electron chi connectivity index (χ1n) is 10.8. The average Bonchev–Trinajstić information content (AvgIpc) is 3.41. The minimum Gasteiger partial charge on any atom is -0.348 e. The highest BCUT2D eigenvalue weighted by Gasteiger charge is 2.39. The Labute approximate surface area is 193 Å². The molecule has 0 unspecified atom stereocenters. The number of imidazole rings is 1. The Morgan fingerprint density at radius 1 is 1.28 bits per heavy atom. The smallest absolute Gasteiger partial charge is 0.189 e. The van der Waals surface area contributed by atoms with E-state index in [1.807, 2.05) is 19.2 Å². The lowest BCUT2D eigenvalue weighted by atomic mass is 9.79. The second-order valence-corrected chi connectivity index (χ2v) is 10.7. The summed E-state index contributed by atoms with van der Waals surface area (Å²) >= 11 is 1.60. The van der Waals surface area contributed by atoms with Crippen molar-refractivity contribution in [1.29, 1.82) is 0 Å². The second-order valence-electron chi connectivity index (χ2n) is 9.74. The lowest BCUT2D eigenvalue weighted by Gasteiger charge is -2.48. The summed E-state index contributed by atoms with van der Waals surface area (Å²) in [5, 5.41) is 8.95. The number of aromatic amines is 1. The number of nitrogens with one attached hydrogen (secondary N) is 2. The van der Waals surface area contributed by atoms with Crippen molar-refractivity contribution in [3.8, 4) is 0 Å². The quantitative estimate of drug-likeness (QED) is 0.540. The minimum absolute atomic E-state index is 0.0847. The first kappa shape index (κ1) is 22.4. The molecular formula is C23H32N8S. The van der Waals surface area contributed by atoms with Crippen molar-refractivity contribution in [3.63, 3.8) is 0 Å². The van der Waals surface area contributed by atoms with Gasteiger partial charge in [0.25, 0.3) is 0 Å². The molecule has 4 heterocycles. The van der Waals surface area contributed by atoms with Crippen LogP contribution in [-0.2, 0) is 0 Å². The van der Waals surface area contributed by atoms with E-state index in [9.17, 15) is 0 Å². The van der Waals surface area contributed by atoms with Gasteiger partial charge in [-0.15, -0.1) is 0 Å². The molecule has 4 rings (SSSR count). The Hall–Kier alpha value is -2.78. The van der Waals surface area contributed by atoms with Crippen molar-refractivity contribution in [2.24, 2.45) is 4.99 Å². The number of aromatic nitrogens is 5. The molecule has 0 aliphatic carbocycles. The van der Waals surface area contributed by atoms with Gasteiger partial charge in [-0.3, -0.25) is 4.99 Å². The Balaban J connectivity index is 1.56. The molecule has 9 heteroatoms. The molecule has 1 aliphatic heterocycles. The molecule has 1 aliphatic rings. The largest absolute Gasteiger partial charge is 0.348 e. The molecule has 1 fully saturated rings. The fourth-order valence-corrected chi connectivity index (χ4v) is 5.51. The molecule has 0 atom stereocenters. The van der Waals surface area contributed by atoms with E-state index in [0.29, 0.717) is 17.6 Å². The van der Waals surface area contributed by atoms with E-state index in [2.05, 4.69) is 66.6 Å². The number of piperidine rings is 1. The summed E-state index contributed by atoms with van der Waals surface area (Å²) in [6, 6.07) is 2.29. The van der Waals surface area contributed by atoms with Crippen LogP contribution in [0, 0.1) is 0 Å². The summed E-state index contributed by atoms with van der Waals surface area (Å²) in [4.78, 5) is 20.6. The minimum atomic E-state index is 0.0847. The molecule has 0 saturated carbocycles. The number of allylic oxidation sites excluding steroid dienone is 2. The Bertz CT molecular complexity index is 1110. The molecule has 0 aromatic carbocycles. The van der Waals surface area contributed by atoms with Crippen LogP contribution >= 0.6 is 11.3 Å². The standard InChI is InChI=1S/C23H32N8S/c1-8-17(24-14-15(2)31-11-9-10-25-31)18-26-19-20(27-18)32-21(28-19)30(7)16-12-22(3,4)29-23(5,6)13-16/h8-11,14,16,29H,1,12-13H2,2-7H3,(H,26,27)/b15-14+,24-17?. The van der Waals surface area contributed by atoms with Gasteiger partial charge in [0.15, 0.2) is 21.4 Å². The number of aliphatic imine (C=N–C) groups is 1. The third-order valence-corrected chi connectivity index (χ3v) is 6.80. The highest BCUT2D eigenvalue weighted by molar-refractivity contribution is 7.21. The maximum Gasteiger partial charge on any atom is 0.189 e. The number of hydrogen-bond donors (Lipinski definition) is 2. The number of fused-ring (bicyclic) bond motifs is 1. The summed E-state index contributed by atoms with van der Waals surface area (Å²) in [5.74, 6) is 0.664. The molecule has 0 spiro atoms. The molecule has 2 N–H and O–H groups in total. The number of hydrogen-bond acceptors (Lipinski definition) is 7. The van der Waals surface area contributed by atoms with Gasteiger partial charge in [0.1, 0.15) is 5.71 Å². The predicted molar refractivity (Wildman–Crippen MR) is 133 cm³/mol. The number of rotatable bonds is 6. The first-order valence-corrected chi connectivity index (χ1v) is 11.6. The molecular weight excluding hydrogens is 420 g/mol. The van der Waals surface area contributed by atoms with Crippen molar-refractivity contribution in [1.82, 2.24) is 30.0 Å². The highest BCUT2D eigenvalue weighted by Crippen LogP contribution is 2.35. The van der Waals surface area contributed by atoms with Gasteiger partial charge in [0.05, 0.1) is 5.70 Å². The number of anilines is 1. The van der Waals surface area contributed by atoms with Crippen LogP contribution in [0.2, 0.25) is 0 Å². The van der Waals surface area contributed by atoms with Gasteiger partial charge in [-0.2, -0.15) is 5.10 Å². The molecule has 170 valence electrons. The molecule has 8 nitrogen and oxygen atoms in total. The molecule has 0 radical (unpaired) electrons. The normalized spacial score (nSPS) is 19.4. The van der Waals surface area contributed by atoms with E-state index in [1.54, 1.807) is 34.5 Å². The van der Waals surface area contributed by atoms with Crippen molar-refractivity contribution < 1.29 is 0 Å². The lowest BCUT2D eigenvalue weighted by Crippen LogP contribution is -2.61. The predicted octanol–water partition coefficient (Wildman–Crippen LogP) is 4.45. The molecule has 0 bridgehead atoms. The van der Waals surface area contributed by atoms with Gasteiger partial charge in [0.2, 0.25) is 0 Å². The molecule has 3 aromatic rings. The van der Waals surface area contributed by atoms with E-state index < -0.39 is 0 Å². The Kier molecular flexibility index (Phi) is 5.81. The van der Waals surface area contributed by atoms with E-state index in [-0.39, 0.29) is 11.1 Å². The van der Waals surface area contributed by atoms with Crippen LogP contribution in [0.25, 0.3) is 16.2 Å². The molecule has 0 amide bonds. The summed E-state index contributed by atoms with van der Waals surface area (Å²) in [6.07, 6.45) is 9.20. The van der Waals surface area contributed by atoms with Gasteiger partial charge in [-0.05, 0) is 59.6 Å². The van der Waals surface area contributed by atoms with Gasteiger partial charge in [0, 0.05) is 42.8 Å². The van der Waals surface area contributed by atoms with Gasteiger partial charge < -0.3 is 15.2 Å². The van der Waals surface area contributed by atoms with E-state index in [1.165, 1.54) is 0 Å². The van der Waals surface area contributed by atoms with Gasteiger partial charge in [-0.1, -0.05) is 17.9 Å². The van der Waals surface area contributed by atoms with Crippen LogP contribution in [0.5, 0.6) is 0 Å². The van der Waals surface area contributed by atoms with Crippen LogP contribution in [0.1, 0.15) is 53.3 Å². The van der Waals surface area contributed by atoms with Crippen LogP contribution in [0.3, 0.4) is 0 Å². The summed E-state index contributed by atoms with van der Waals surface area (Å²) in [6.45, 7) is 14.9. The van der Waals surface area contributed by atoms with E-state index >= 15 is 0 Å². The average molecular weight is 453 g/mol. The van der Waals surface area contributed by atoms with Crippen molar-refractivity contribution >= 4 is 38.4 Å². The fraction of sp³-hybridized carbons (Fsp3) is 0.478. The zero-order valence-corrected chi connectivity index (χ0v) is 20.5. The highest BCUT2D eigenvalue weighted by atomic mass is 32.1. The number of thiazole rings is 1. The van der Waals surface area contributed by atoms with Crippen molar-refractivity contribution in [2.45, 2.75) is 64.6 Å². The SMILES string of the molecule is C=CC(=N/C=C(\C)n1cccn1)c1nc2sc(N(C)C3CC(C)(C)NC(C)(C)C3)nc2[nH]1. The van der Waals surface area contributed by atoms with Gasteiger partial charge in [-0.25, -0.2) is 14.6 Å². The number of nitrogens with zero attached hydrogens (tertiary/aromatic N) is 6. The Morgan fingerprint density at radius 2 is 2.00 bits per heavy atom. The zero-order valence-electron chi connectivity index (χ0n) is 19.7. The van der Waals surface area contributed by atoms with Crippen molar-refractivity contribution in [2.75, 3.05) is 11.9 Å². The molecule has 32 heavy (non-hydrogen) atoms. The van der Waals surface area contributed by atoms with Crippen LogP contribution in [-0.4, -0.2) is 54.6 Å². The second kappa shape index (κ2) is 8.29. The third-order valence-electron chi connectivity index (χ3n) is 5.76. The number of H-pyrrole nitrogens is 1.